The van der Waals surface area contributed by atoms with Gasteiger partial charge in [0.25, 0.3) is 11.5 Å². The molecule has 91 heavy (non-hydrogen) atoms. The van der Waals surface area contributed by atoms with Crippen molar-refractivity contribution in [1.29, 1.82) is 0 Å². The number of benzene rings is 4. The van der Waals surface area contributed by atoms with Gasteiger partial charge in [-0.3, -0.25) is 39.2 Å². The van der Waals surface area contributed by atoms with Crippen LogP contribution in [0, 0.1) is 17.7 Å². The third-order valence-corrected chi connectivity index (χ3v) is 18.9. The molecule has 5 heterocycles. The summed E-state index contributed by atoms with van der Waals surface area (Å²) in [7, 11) is 1.60. The minimum atomic E-state index is -0.921. The molecule has 4 aromatic carbocycles. The number of methoxy groups -OCH3 is 1. The predicted octanol–water partition coefficient (Wildman–Crippen LogP) is 7.85. The fraction of sp³-hybridized carbons (Fsp3) is 0.571. The number of nitrogens with one attached hydrogen (secondary N) is 2. The van der Waals surface area contributed by atoms with E-state index in [1.165, 1.54) is 18.1 Å². The van der Waals surface area contributed by atoms with Crippen LogP contribution in [0.1, 0.15) is 130 Å². The second-order valence-electron chi connectivity index (χ2n) is 26.5. The zero-order chi connectivity index (χ0) is 64.0. The van der Waals surface area contributed by atoms with Crippen LogP contribution >= 0.6 is 0 Å². The Labute approximate surface area is 535 Å². The van der Waals surface area contributed by atoms with Crippen molar-refractivity contribution in [2.75, 3.05) is 119 Å². The van der Waals surface area contributed by atoms with Gasteiger partial charge in [0.15, 0.2) is 0 Å². The van der Waals surface area contributed by atoms with E-state index in [4.69, 9.17) is 18.9 Å². The molecule has 4 amide bonds. The van der Waals surface area contributed by atoms with E-state index in [1.54, 1.807) is 41.2 Å². The van der Waals surface area contributed by atoms with Crippen molar-refractivity contribution in [3.05, 3.63) is 135 Å². The Kier molecular flexibility index (Phi) is 23.2. The quantitative estimate of drug-likeness (QED) is 0.0421. The van der Waals surface area contributed by atoms with Crippen molar-refractivity contribution in [2.24, 2.45) is 11.8 Å². The highest BCUT2D eigenvalue weighted by atomic mass is 19.1. The normalized spacial score (nSPS) is 19.3. The molecule has 0 spiro atoms. The van der Waals surface area contributed by atoms with Gasteiger partial charge < -0.3 is 43.7 Å². The van der Waals surface area contributed by atoms with E-state index >= 15 is 4.39 Å². The molecule has 10 rings (SSSR count). The smallest absolute Gasteiger partial charge is 0.410 e. The number of aromatic amines is 1. The lowest BCUT2D eigenvalue weighted by Gasteiger charge is -2.41. The number of amides is 4. The number of nitrogens with zero attached hydrogens (tertiary/aromatic N) is 8. The average Bonchev–Trinajstić information content (AvgIpc) is 1.04. The second kappa shape index (κ2) is 31.5. The van der Waals surface area contributed by atoms with Gasteiger partial charge in [0.1, 0.15) is 29.1 Å². The van der Waals surface area contributed by atoms with Crippen LogP contribution in [0.15, 0.2) is 89.7 Å². The van der Waals surface area contributed by atoms with Crippen LogP contribution in [0.5, 0.6) is 11.5 Å². The van der Waals surface area contributed by atoms with Gasteiger partial charge >= 0.3 is 6.09 Å². The Balaban J connectivity index is 0.640. The molecule has 20 nitrogen and oxygen atoms in total. The number of likely N-dealkylation sites (tertiary alicyclic amines) is 2. The first kappa shape index (κ1) is 66.9. The third kappa shape index (κ3) is 18.0. The molecular weight excluding hydrogens is 1160 g/mol. The Morgan fingerprint density at radius 3 is 2.25 bits per heavy atom. The highest BCUT2D eigenvalue weighted by molar-refractivity contribution is 5.95. The zero-order valence-corrected chi connectivity index (χ0v) is 54.1. The maximum atomic E-state index is 15.2. The van der Waals surface area contributed by atoms with Gasteiger partial charge in [0, 0.05) is 109 Å². The summed E-state index contributed by atoms with van der Waals surface area (Å²) in [5, 5.41) is 23.4. The number of aliphatic hydroxyl groups excluding tert-OH is 1. The number of hydrogen-bond donors (Lipinski definition) is 3. The molecule has 21 heteroatoms. The summed E-state index contributed by atoms with van der Waals surface area (Å²) >= 11 is 0. The number of ether oxygens (including phenoxy) is 4. The number of hydrogen-bond acceptors (Lipinski definition) is 15. The number of aliphatic hydroxyl groups is 1. The Morgan fingerprint density at radius 1 is 0.780 bits per heavy atom. The van der Waals surface area contributed by atoms with Crippen molar-refractivity contribution in [3.63, 3.8) is 0 Å². The van der Waals surface area contributed by atoms with E-state index in [-0.39, 0.29) is 60.6 Å². The standard InChI is InChI=1S/C70H95FN10O10/c1-6-90-62-41-56(88-5)23-22-55(62)44-81(69(87)91-70(2,3)4)46-64(83)80-27-13-18-54(43-80)53-17-12-14-51(38-53)47-89-48-72-65(52-15-8-7-9-16-52)68(86)78-28-25-49(26-29-78)42-75-30-32-76(33-31-75)45-63(82)77-34-36-79(37-35-77)67(85)59-39-50(21-24-60(59)71)40-61-57-19-10-11-20-58(57)66(84)74-73-61/h10-12,14,17,19-24,38-39,41,49,52,54,64-65,72,83H,6-9,13,15-16,18,25-37,40,42-48H2,1-5H3,(H,74,84)/t54?,64?,65-/m1/s1. The minimum absolute atomic E-state index is 0.0227. The Hall–Kier alpha value is -7.01. The molecule has 492 valence electrons. The van der Waals surface area contributed by atoms with Crippen molar-refractivity contribution in [2.45, 2.75) is 129 Å². The summed E-state index contributed by atoms with van der Waals surface area (Å²) in [6.45, 7) is 17.6. The topological polar surface area (TPSA) is 206 Å². The highest BCUT2D eigenvalue weighted by Gasteiger charge is 2.36. The molecule has 4 aliphatic heterocycles. The first-order chi connectivity index (χ1) is 44.0. The van der Waals surface area contributed by atoms with Crippen molar-refractivity contribution >= 4 is 34.6 Å². The fourth-order valence-electron chi connectivity index (χ4n) is 13.9. The van der Waals surface area contributed by atoms with Crippen LogP contribution in [0.4, 0.5) is 9.18 Å². The second-order valence-corrected chi connectivity index (χ2v) is 26.5. The van der Waals surface area contributed by atoms with Crippen molar-refractivity contribution in [3.8, 4) is 11.5 Å². The lowest BCUT2D eigenvalue weighted by molar-refractivity contribution is -0.138. The van der Waals surface area contributed by atoms with Gasteiger partial charge in [-0.2, -0.15) is 5.10 Å². The van der Waals surface area contributed by atoms with Crippen LogP contribution in [0.25, 0.3) is 10.8 Å². The largest absolute Gasteiger partial charge is 0.497 e. The van der Waals surface area contributed by atoms with Gasteiger partial charge in [0.05, 0.1) is 69.4 Å². The molecule has 5 aliphatic rings. The fourth-order valence-corrected chi connectivity index (χ4v) is 13.9. The first-order valence-corrected chi connectivity index (χ1v) is 33.1. The molecule has 4 saturated heterocycles. The van der Waals surface area contributed by atoms with Crippen LogP contribution < -0.4 is 20.3 Å². The number of H-pyrrole nitrogens is 1. The van der Waals surface area contributed by atoms with Crippen molar-refractivity contribution < 1.29 is 47.6 Å². The number of carbonyl (C=O) groups is 4. The van der Waals surface area contributed by atoms with Gasteiger partial charge in [-0.1, -0.05) is 67.8 Å². The summed E-state index contributed by atoms with van der Waals surface area (Å²) in [6, 6.07) is 25.4. The Bertz CT molecular complexity index is 3310. The minimum Gasteiger partial charge on any atom is -0.497 e. The average molecular weight is 1260 g/mol. The number of carbonyl (C=O) groups excluding carboxylic acids is 4. The van der Waals surface area contributed by atoms with Crippen molar-refractivity contribution in [1.82, 2.24) is 49.8 Å². The molecule has 3 N–H and O–H groups in total. The highest BCUT2D eigenvalue weighted by Crippen LogP contribution is 2.33. The molecule has 1 saturated carbocycles. The van der Waals surface area contributed by atoms with Crippen LogP contribution in [0.3, 0.4) is 0 Å². The van der Waals surface area contributed by atoms with E-state index in [9.17, 15) is 29.1 Å². The molecule has 5 aromatic rings. The van der Waals surface area contributed by atoms with E-state index in [0.717, 1.165) is 108 Å². The summed E-state index contributed by atoms with van der Waals surface area (Å²) in [5.74, 6) is 1.39. The number of piperazine rings is 2. The summed E-state index contributed by atoms with van der Waals surface area (Å²) in [4.78, 5) is 81.6. The van der Waals surface area contributed by atoms with E-state index in [0.29, 0.717) is 105 Å². The lowest BCUT2D eigenvalue weighted by atomic mass is 9.83. The number of halogens is 1. The predicted molar refractivity (Wildman–Crippen MR) is 346 cm³/mol. The molecule has 2 unspecified atom stereocenters. The molecule has 5 fully saturated rings. The number of aromatic nitrogens is 2. The van der Waals surface area contributed by atoms with E-state index in [1.807, 2.05) is 62.9 Å². The summed E-state index contributed by atoms with van der Waals surface area (Å²) < 4.78 is 38.7. The lowest BCUT2D eigenvalue weighted by Crippen LogP contribution is -2.55. The van der Waals surface area contributed by atoms with E-state index in [2.05, 4.69) is 59.4 Å². The summed E-state index contributed by atoms with van der Waals surface area (Å²) in [5.41, 5.74) is 3.30. The third-order valence-electron chi connectivity index (χ3n) is 18.9. The van der Waals surface area contributed by atoms with Gasteiger partial charge in [0.2, 0.25) is 11.8 Å². The molecule has 1 aliphatic carbocycles. The van der Waals surface area contributed by atoms with Gasteiger partial charge in [-0.05, 0) is 131 Å². The molecule has 3 atom stereocenters. The summed E-state index contributed by atoms with van der Waals surface area (Å²) in [6.07, 6.45) is 8.15. The first-order valence-electron chi connectivity index (χ1n) is 33.1. The maximum absolute atomic E-state index is 15.2. The number of rotatable bonds is 23. The molecular formula is C70H95FN10O10. The molecule has 0 bridgehead atoms. The maximum Gasteiger partial charge on any atom is 0.410 e. The van der Waals surface area contributed by atoms with Crippen LogP contribution in [-0.2, 0) is 38.6 Å². The van der Waals surface area contributed by atoms with Crippen LogP contribution in [0.2, 0.25) is 0 Å². The van der Waals surface area contributed by atoms with Gasteiger partial charge in [-0.25, -0.2) is 14.3 Å². The number of fused-ring (bicyclic) bond motifs is 1. The van der Waals surface area contributed by atoms with Gasteiger partial charge in [-0.15, -0.1) is 0 Å². The Morgan fingerprint density at radius 2 is 1.52 bits per heavy atom. The van der Waals surface area contributed by atoms with Crippen LogP contribution in [-0.4, -0.2) is 210 Å². The molecule has 1 aromatic heterocycles. The zero-order valence-electron chi connectivity index (χ0n) is 54.1. The van der Waals surface area contributed by atoms with E-state index < -0.39 is 29.6 Å². The number of piperidine rings is 2. The molecule has 0 radical (unpaired) electrons. The SMILES string of the molecule is CCOc1cc(OC)ccc1CN(CC(O)N1CCCC(c2cccc(COCN[C@@H](C(=O)N3CCC(CN4CCN(CC(=O)N5CCN(C(=O)c6cc(Cc7n[nH]c(=O)c8ccccc78)ccc6F)CC5)CC4)CC3)C3CCCCC3)c2)C1)C(=O)OC(C)(C)C. The monoisotopic (exact) mass is 1250 g/mol.